The number of nitrogens with zero attached hydrogens (tertiary/aromatic N) is 3. The van der Waals surface area contributed by atoms with E-state index in [2.05, 4.69) is 14.3 Å². The fourth-order valence-electron chi connectivity index (χ4n) is 3.00. The number of para-hydroxylation sites is 2. The molecule has 0 fully saturated rings. The first-order valence-corrected chi connectivity index (χ1v) is 10.8. The van der Waals surface area contributed by atoms with Crippen LogP contribution in [0.2, 0.25) is 0 Å². The molecule has 4 rings (SSSR count). The smallest absolute Gasteiger partial charge is 0.375 e. The van der Waals surface area contributed by atoms with E-state index in [4.69, 9.17) is 0 Å². The largest absolute Gasteiger partial charge is 0.534 e. The molecule has 168 valence electrons. The van der Waals surface area contributed by atoms with Crippen LogP contribution in [0.25, 0.3) is 28.2 Å². The van der Waals surface area contributed by atoms with Crippen LogP contribution in [0.4, 0.5) is 13.2 Å². The van der Waals surface area contributed by atoms with Gasteiger partial charge in [-0.15, -0.1) is 0 Å². The molecule has 0 spiro atoms. The molecule has 0 saturated carbocycles. The van der Waals surface area contributed by atoms with Crippen LogP contribution in [-0.2, 0) is 10.1 Å². The Kier molecular flexibility index (Phi) is 5.73. The number of pyridine rings is 1. The molecule has 33 heavy (non-hydrogen) atoms. The standard InChI is InChI=1S/C22H14F3N3O4S/c23-22(24,25)33(30,31)32-20-12-5-4-10-16(20)17-14-19(18-11-6-7-13-26-18)27-28(21(17)29)15-8-2-1-3-9-15/h1-14H. The van der Waals surface area contributed by atoms with Crippen LogP contribution in [0, 0.1) is 0 Å². The predicted octanol–water partition coefficient (Wildman–Crippen LogP) is 4.19. The van der Waals surface area contributed by atoms with Crippen molar-refractivity contribution in [3.05, 3.63) is 95.4 Å². The van der Waals surface area contributed by atoms with Crippen LogP contribution in [0.15, 0.2) is 89.9 Å². The molecule has 2 heterocycles. The summed E-state index contributed by atoms with van der Waals surface area (Å²) in [7, 11) is -5.96. The van der Waals surface area contributed by atoms with Crippen molar-refractivity contribution in [1.29, 1.82) is 0 Å². The van der Waals surface area contributed by atoms with Crippen molar-refractivity contribution in [1.82, 2.24) is 14.8 Å². The maximum Gasteiger partial charge on any atom is 0.534 e. The first-order chi connectivity index (χ1) is 15.7. The molecule has 0 bridgehead atoms. The van der Waals surface area contributed by atoms with Gasteiger partial charge in [-0.05, 0) is 36.4 Å². The van der Waals surface area contributed by atoms with E-state index in [1.165, 1.54) is 30.5 Å². The second-order valence-corrected chi connectivity index (χ2v) is 8.23. The highest BCUT2D eigenvalue weighted by Crippen LogP contribution is 2.34. The fraction of sp³-hybridized carbons (Fsp3) is 0.0455. The van der Waals surface area contributed by atoms with Crippen molar-refractivity contribution in [3.63, 3.8) is 0 Å². The average molecular weight is 473 g/mol. The van der Waals surface area contributed by atoms with E-state index in [-0.39, 0.29) is 16.8 Å². The zero-order valence-corrected chi connectivity index (χ0v) is 17.4. The minimum atomic E-state index is -5.96. The SMILES string of the molecule is O=c1c(-c2ccccc2OS(=O)(=O)C(F)(F)F)cc(-c2ccccn2)nn1-c1ccccc1. The molecule has 0 unspecified atom stereocenters. The van der Waals surface area contributed by atoms with Gasteiger partial charge in [-0.2, -0.15) is 31.4 Å². The van der Waals surface area contributed by atoms with Crippen LogP contribution in [0.1, 0.15) is 0 Å². The lowest BCUT2D eigenvalue weighted by Crippen LogP contribution is -2.28. The number of benzene rings is 2. The molecule has 7 nitrogen and oxygen atoms in total. The second kappa shape index (κ2) is 8.51. The van der Waals surface area contributed by atoms with Gasteiger partial charge >= 0.3 is 15.6 Å². The molecule has 0 saturated heterocycles. The lowest BCUT2D eigenvalue weighted by atomic mass is 10.0. The Balaban J connectivity index is 1.97. The second-order valence-electron chi connectivity index (χ2n) is 6.69. The third-order valence-electron chi connectivity index (χ3n) is 4.50. The summed E-state index contributed by atoms with van der Waals surface area (Å²) >= 11 is 0. The van der Waals surface area contributed by atoms with Gasteiger partial charge < -0.3 is 4.18 Å². The topological polar surface area (TPSA) is 91.2 Å². The molecule has 0 N–H and O–H groups in total. The van der Waals surface area contributed by atoms with Gasteiger partial charge in [0.2, 0.25) is 0 Å². The Bertz CT molecular complexity index is 1460. The molecule has 11 heteroatoms. The van der Waals surface area contributed by atoms with E-state index < -0.39 is 26.9 Å². The summed E-state index contributed by atoms with van der Waals surface area (Å²) in [4.78, 5) is 17.5. The molecular formula is C22H14F3N3O4S. The lowest BCUT2D eigenvalue weighted by Gasteiger charge is -2.14. The van der Waals surface area contributed by atoms with E-state index in [9.17, 15) is 26.4 Å². The maximum absolute atomic E-state index is 13.3. The van der Waals surface area contributed by atoms with Gasteiger partial charge in [0.15, 0.2) is 5.75 Å². The van der Waals surface area contributed by atoms with Gasteiger partial charge in [0.25, 0.3) is 5.56 Å². The Hall–Kier alpha value is -3.99. The van der Waals surface area contributed by atoms with Crippen LogP contribution in [0.5, 0.6) is 5.75 Å². The summed E-state index contributed by atoms with van der Waals surface area (Å²) in [5.74, 6) is -0.648. The zero-order chi connectivity index (χ0) is 23.6. The van der Waals surface area contributed by atoms with Crippen molar-refractivity contribution < 1.29 is 25.8 Å². The van der Waals surface area contributed by atoms with Crippen LogP contribution in [-0.4, -0.2) is 28.7 Å². The highest BCUT2D eigenvalue weighted by atomic mass is 32.2. The number of rotatable bonds is 5. The van der Waals surface area contributed by atoms with E-state index in [0.29, 0.717) is 11.4 Å². The van der Waals surface area contributed by atoms with E-state index >= 15 is 0 Å². The Morgan fingerprint density at radius 3 is 2.15 bits per heavy atom. The zero-order valence-electron chi connectivity index (χ0n) is 16.6. The number of hydrogen-bond acceptors (Lipinski definition) is 6. The summed E-state index contributed by atoms with van der Waals surface area (Å²) in [5, 5.41) is 4.35. The van der Waals surface area contributed by atoms with Crippen LogP contribution in [0.3, 0.4) is 0 Å². The Labute approximate surface area is 185 Å². The van der Waals surface area contributed by atoms with E-state index in [1.807, 2.05) is 0 Å². The van der Waals surface area contributed by atoms with Crippen molar-refractivity contribution in [2.24, 2.45) is 0 Å². The quantitative estimate of drug-likeness (QED) is 0.319. The van der Waals surface area contributed by atoms with E-state index in [1.54, 1.807) is 48.5 Å². The average Bonchev–Trinajstić information content (AvgIpc) is 2.80. The van der Waals surface area contributed by atoms with Crippen molar-refractivity contribution in [3.8, 4) is 34.0 Å². The summed E-state index contributed by atoms with van der Waals surface area (Å²) < 4.78 is 67.4. The first kappa shape index (κ1) is 22.2. The monoisotopic (exact) mass is 473 g/mol. The van der Waals surface area contributed by atoms with Crippen LogP contribution < -0.4 is 9.74 Å². The normalized spacial score (nSPS) is 11.8. The first-order valence-electron chi connectivity index (χ1n) is 9.39. The minimum Gasteiger partial charge on any atom is -0.375 e. The highest BCUT2D eigenvalue weighted by Gasteiger charge is 2.48. The van der Waals surface area contributed by atoms with Crippen molar-refractivity contribution >= 4 is 10.1 Å². The van der Waals surface area contributed by atoms with Gasteiger partial charge in [-0.3, -0.25) is 9.78 Å². The summed E-state index contributed by atoms with van der Waals surface area (Å²) in [6.45, 7) is 0. The number of halogens is 3. The minimum absolute atomic E-state index is 0.123. The van der Waals surface area contributed by atoms with Crippen molar-refractivity contribution in [2.75, 3.05) is 0 Å². The van der Waals surface area contributed by atoms with Gasteiger partial charge in [-0.1, -0.05) is 42.5 Å². The number of hydrogen-bond donors (Lipinski definition) is 0. The Morgan fingerprint density at radius 1 is 0.818 bits per heavy atom. The van der Waals surface area contributed by atoms with Gasteiger partial charge in [-0.25, -0.2) is 0 Å². The van der Waals surface area contributed by atoms with Gasteiger partial charge in [0, 0.05) is 11.8 Å². The summed E-state index contributed by atoms with van der Waals surface area (Å²) in [6.07, 6.45) is 1.52. The maximum atomic E-state index is 13.3. The fourth-order valence-corrected chi connectivity index (χ4v) is 3.47. The van der Waals surface area contributed by atoms with E-state index in [0.717, 1.165) is 10.7 Å². The highest BCUT2D eigenvalue weighted by molar-refractivity contribution is 7.88. The molecular weight excluding hydrogens is 459 g/mol. The van der Waals surface area contributed by atoms with Crippen molar-refractivity contribution in [2.45, 2.75) is 5.51 Å². The molecule has 4 aromatic rings. The molecule has 0 amide bonds. The van der Waals surface area contributed by atoms with Gasteiger partial charge in [0.1, 0.15) is 5.69 Å². The lowest BCUT2D eigenvalue weighted by molar-refractivity contribution is -0.0499. The summed E-state index contributed by atoms with van der Waals surface area (Å²) in [5.41, 5.74) is -5.58. The number of alkyl halides is 3. The third-order valence-corrected chi connectivity index (χ3v) is 5.47. The summed E-state index contributed by atoms with van der Waals surface area (Å²) in [6, 6.07) is 19.8. The molecule has 0 aliphatic heterocycles. The predicted molar refractivity (Wildman–Crippen MR) is 114 cm³/mol. The molecule has 2 aromatic carbocycles. The molecule has 2 aromatic heterocycles. The Morgan fingerprint density at radius 2 is 1.48 bits per heavy atom. The molecule has 0 radical (unpaired) electrons. The number of aromatic nitrogens is 3. The van der Waals surface area contributed by atoms with Gasteiger partial charge in [0.05, 0.1) is 16.9 Å². The molecule has 0 atom stereocenters. The van der Waals surface area contributed by atoms with Crippen LogP contribution >= 0.6 is 0 Å². The molecule has 0 aliphatic carbocycles. The third kappa shape index (κ3) is 4.48. The molecule has 0 aliphatic rings.